The van der Waals surface area contributed by atoms with E-state index in [2.05, 4.69) is 21.3 Å². The van der Waals surface area contributed by atoms with Crippen molar-refractivity contribution in [1.82, 2.24) is 22.1 Å². The van der Waals surface area contributed by atoms with Crippen LogP contribution < -0.4 is 43.0 Å². The van der Waals surface area contributed by atoms with Crippen molar-refractivity contribution >= 4 is 137 Å². The van der Waals surface area contributed by atoms with Crippen LogP contribution in [0.2, 0.25) is 0 Å². The highest BCUT2D eigenvalue weighted by Crippen LogP contribution is 2.31. The number of sulfonamides is 4. The van der Waals surface area contributed by atoms with E-state index in [1.807, 2.05) is 79.7 Å². The average Bonchev–Trinajstić information content (AvgIpc) is 0.784. The number of carbonyl (C=O) groups is 5. The summed E-state index contributed by atoms with van der Waals surface area (Å²) in [5.41, 5.74) is 9.05. The lowest BCUT2D eigenvalue weighted by molar-refractivity contribution is -0.115. The number of nitrogens with one attached hydrogen (secondary N) is 4. The molecule has 0 atom stereocenters. The van der Waals surface area contributed by atoms with Crippen LogP contribution in [-0.4, -0.2) is 152 Å². The zero-order chi connectivity index (χ0) is 93.0. The molecular formula is C95H103N9O21S4. The van der Waals surface area contributed by atoms with Crippen molar-refractivity contribution in [2.24, 2.45) is 0 Å². The van der Waals surface area contributed by atoms with Gasteiger partial charge in [-0.1, -0.05) is 49.9 Å². The molecule has 4 fully saturated rings. The van der Waals surface area contributed by atoms with Crippen LogP contribution in [0, 0.1) is 55.4 Å². The predicted molar refractivity (Wildman–Crippen MR) is 496 cm³/mol. The zero-order valence-corrected chi connectivity index (χ0v) is 76.6. The third-order valence-electron chi connectivity index (χ3n) is 23.0. The summed E-state index contributed by atoms with van der Waals surface area (Å²) >= 11 is 0. The number of nitrogens with zero attached hydrogens (tertiary/aromatic N) is 5. The number of amides is 5. The highest BCUT2D eigenvalue weighted by atomic mass is 32.2. The van der Waals surface area contributed by atoms with Crippen molar-refractivity contribution in [3.63, 3.8) is 0 Å². The van der Waals surface area contributed by atoms with Gasteiger partial charge >= 0.3 is 0 Å². The van der Waals surface area contributed by atoms with E-state index >= 15 is 0 Å². The lowest BCUT2D eigenvalue weighted by Crippen LogP contribution is -2.35. The Balaban J connectivity index is 0.000000153. The minimum Gasteiger partial charge on any atom is -0.450 e. The third-order valence-corrected chi connectivity index (χ3v) is 30.7. The lowest BCUT2D eigenvalue weighted by Gasteiger charge is -2.25. The molecule has 8 heterocycles. The van der Waals surface area contributed by atoms with Crippen molar-refractivity contribution in [1.29, 1.82) is 0 Å². The van der Waals surface area contributed by atoms with Gasteiger partial charge in [0.1, 0.15) is 22.3 Å². The van der Waals surface area contributed by atoms with Gasteiger partial charge in [0.15, 0.2) is 44.8 Å². The van der Waals surface area contributed by atoms with Gasteiger partial charge in [0.25, 0.3) is 23.6 Å². The molecule has 0 saturated carbocycles. The summed E-state index contributed by atoms with van der Waals surface area (Å²) in [6.45, 7) is 19.2. The number of aryl methyl sites for hydroxylation is 8. The Hall–Kier alpha value is -12.4. The molecule has 4 N–H and O–H groups in total. The number of fused-ring (bicyclic) bond motifs is 4. The smallest absolute Gasteiger partial charge is 0.291 e. The van der Waals surface area contributed by atoms with Gasteiger partial charge in [0, 0.05) is 113 Å². The monoisotopic (exact) mass is 1830 g/mol. The van der Waals surface area contributed by atoms with Gasteiger partial charge in [-0.2, -0.15) is 17.2 Å². The molecule has 30 nitrogen and oxygen atoms in total. The molecule has 8 aromatic carbocycles. The minimum absolute atomic E-state index is 0.101. The molecule has 0 spiro atoms. The van der Waals surface area contributed by atoms with Crippen molar-refractivity contribution < 1.29 is 75.3 Å². The van der Waals surface area contributed by atoms with Gasteiger partial charge in [-0.25, -0.2) is 33.7 Å². The van der Waals surface area contributed by atoms with E-state index in [0.717, 1.165) is 128 Å². The Morgan fingerprint density at radius 2 is 0.457 bits per heavy atom. The normalized spacial score (nSPS) is 14.8. The second-order valence-electron chi connectivity index (χ2n) is 32.3. The number of hydrogen-bond acceptors (Lipinski definition) is 21. The fourth-order valence-corrected chi connectivity index (χ4v) is 21.0. The Bertz CT molecular complexity index is 6170. The molecule has 0 radical (unpaired) electrons. The van der Waals surface area contributed by atoms with Crippen LogP contribution in [0.1, 0.15) is 164 Å². The van der Waals surface area contributed by atoms with E-state index in [1.165, 1.54) is 143 Å². The lowest BCUT2D eigenvalue weighted by atomic mass is 10.1. The molecule has 4 aliphatic heterocycles. The predicted octanol–water partition coefficient (Wildman–Crippen LogP) is 15.1. The number of benzene rings is 8. The van der Waals surface area contributed by atoms with E-state index < -0.39 is 63.7 Å². The van der Waals surface area contributed by atoms with Crippen molar-refractivity contribution in [3.05, 3.63) is 278 Å². The Labute approximate surface area is 747 Å². The van der Waals surface area contributed by atoms with Gasteiger partial charge in [0.2, 0.25) is 46.5 Å². The van der Waals surface area contributed by atoms with E-state index in [9.17, 15) is 76.8 Å². The van der Waals surface area contributed by atoms with Gasteiger partial charge in [-0.15, -0.1) is 0 Å². The van der Waals surface area contributed by atoms with Gasteiger partial charge in [-0.3, -0.25) is 43.2 Å². The summed E-state index contributed by atoms with van der Waals surface area (Å²) in [6, 6.07) is 42.8. The molecule has 0 bridgehead atoms. The number of carbonyl (C=O) groups excluding carboxylic acids is 5. The van der Waals surface area contributed by atoms with Crippen LogP contribution in [-0.2, 0) is 44.9 Å². The first-order valence-electron chi connectivity index (χ1n) is 42.3. The molecule has 12 aromatic rings. The van der Waals surface area contributed by atoms with Gasteiger partial charge in [-0.05, 0) is 273 Å². The highest BCUT2D eigenvalue weighted by molar-refractivity contribution is 7.90. The summed E-state index contributed by atoms with van der Waals surface area (Å²) in [4.78, 5) is 112. The minimum atomic E-state index is -3.54. The van der Waals surface area contributed by atoms with Crippen LogP contribution in [0.5, 0.6) is 0 Å². The van der Waals surface area contributed by atoms with Crippen LogP contribution in [0.3, 0.4) is 0 Å². The molecule has 5 amide bonds. The summed E-state index contributed by atoms with van der Waals surface area (Å²) in [6.07, 6.45) is 11.8. The first-order chi connectivity index (χ1) is 61.3. The second kappa shape index (κ2) is 41.3. The fourth-order valence-electron chi connectivity index (χ4n) is 14.9. The quantitative estimate of drug-likeness (QED) is 0.0615. The van der Waals surface area contributed by atoms with Crippen molar-refractivity contribution in [2.75, 3.05) is 87.7 Å². The topological polar surface area (TPSA) is 407 Å². The van der Waals surface area contributed by atoms with Crippen LogP contribution in [0.25, 0.3) is 43.9 Å². The first-order valence-corrected chi connectivity index (χ1v) is 48.1. The molecule has 4 aromatic heterocycles. The molecule has 16 rings (SSSR count). The summed E-state index contributed by atoms with van der Waals surface area (Å²) < 4.78 is 131. The maximum Gasteiger partial charge on any atom is 0.291 e. The van der Waals surface area contributed by atoms with E-state index in [-0.39, 0.29) is 64.3 Å². The van der Waals surface area contributed by atoms with Crippen molar-refractivity contribution in [2.45, 2.75) is 152 Å². The number of piperidine rings is 4. The molecule has 34 heteroatoms. The second-order valence-corrected chi connectivity index (χ2v) is 40.0. The van der Waals surface area contributed by atoms with E-state index in [1.54, 1.807) is 38.4 Å². The maximum atomic E-state index is 12.8. The Morgan fingerprint density at radius 1 is 0.287 bits per heavy atom. The van der Waals surface area contributed by atoms with Gasteiger partial charge in [0.05, 0.1) is 41.1 Å². The SMILES string of the molecule is CN(C)C=O.Cc1ccc2c(=O)cc(C(=O)Nc3ccc(S(=O)(=O)N4CCCCC4)cc3)oc2c1C.Cc1ccc2c(=O)cc(C(=O)Nc3ccc(S(=O)(=O)N4CCCCC4)cc3)oc2c1C.Cc1ccc2c(=O)cc(C(=O)Nc3ccc(S(=O)(=O)N4CCCCC4)cc3)oc2c1C.Cc1ccc2c(=O)cc(C(=O)Nc3ccc(S(=O)(=O)N4CCCCC4)cc3)oc2c1C. The third kappa shape index (κ3) is 22.5. The maximum absolute atomic E-state index is 12.8. The van der Waals surface area contributed by atoms with E-state index in [0.29, 0.717) is 119 Å². The summed E-state index contributed by atoms with van der Waals surface area (Å²) in [7, 11) is -10.8. The molecule has 678 valence electrons. The largest absolute Gasteiger partial charge is 0.450 e. The average molecular weight is 1840 g/mol. The van der Waals surface area contributed by atoms with Crippen molar-refractivity contribution in [3.8, 4) is 0 Å². The molecule has 4 saturated heterocycles. The van der Waals surface area contributed by atoms with Gasteiger partial charge < -0.3 is 43.8 Å². The molecular weight excluding hydrogens is 1730 g/mol. The van der Waals surface area contributed by atoms with Crippen LogP contribution in [0.4, 0.5) is 22.7 Å². The molecule has 0 aliphatic carbocycles. The summed E-state index contributed by atoms with van der Waals surface area (Å²) in [5, 5.41) is 12.3. The van der Waals surface area contributed by atoms with E-state index in [4.69, 9.17) is 17.7 Å². The number of rotatable bonds is 17. The molecule has 0 unspecified atom stereocenters. The number of hydrogen-bond donors (Lipinski definition) is 4. The molecule has 129 heavy (non-hydrogen) atoms. The van der Waals surface area contributed by atoms with Crippen LogP contribution in [0.15, 0.2) is 226 Å². The Kier molecular flexibility index (Phi) is 30.7. The van der Waals surface area contributed by atoms with Crippen LogP contribution >= 0.6 is 0 Å². The molecule has 4 aliphatic rings. The zero-order valence-electron chi connectivity index (χ0n) is 73.3. The summed E-state index contributed by atoms with van der Waals surface area (Å²) in [5.74, 6) is -2.71. The fraction of sp³-hybridized carbons (Fsp3) is 0.316. The first kappa shape index (κ1) is 95.7. The Morgan fingerprint density at radius 3 is 0.620 bits per heavy atom. The number of anilines is 4. The highest BCUT2D eigenvalue weighted by Gasteiger charge is 2.31. The standard InChI is InChI=1S/4C23H24N2O5S.C3H7NO/c4*1-15-6-11-19-20(26)14-21(30-22(19)16(15)2)23(27)24-17-7-9-18(10-8-17)31(28,29)25-12-4-3-5-13-25;1-4(2)3-5/h4*6-11,14H,3-5,12-13H2,1-2H3,(H,24,27);3H,1-2H3.